The first-order valence-electron chi connectivity index (χ1n) is 2.82. The van der Waals surface area contributed by atoms with Gasteiger partial charge in [0.25, 0.3) is 0 Å². The molecule has 0 fully saturated rings. The molecule has 1 heterocycles. The Morgan fingerprint density at radius 3 is 3.33 bits per heavy atom. The molecule has 0 amide bonds. The Hall–Kier alpha value is -1.24. The average molecular weight is 115 g/mol. The Balaban J connectivity index is 2.95. The van der Waals surface area contributed by atoms with E-state index in [1.165, 1.54) is 0 Å². The molecule has 1 aromatic heterocycles. The predicted molar refractivity (Wildman–Crippen MR) is 36.0 cm³/mol. The van der Waals surface area contributed by atoms with Crippen LogP contribution in [0.4, 0.5) is 0 Å². The van der Waals surface area contributed by atoms with E-state index < -0.39 is 0 Å². The SMILES string of the molecule is [c]1c[c]c2[nH]ccc2c1. The summed E-state index contributed by atoms with van der Waals surface area (Å²) in [5, 5.41) is 1.16. The summed E-state index contributed by atoms with van der Waals surface area (Å²) < 4.78 is 0. The number of H-pyrrole nitrogens is 1. The predicted octanol–water partition coefficient (Wildman–Crippen LogP) is 1.77. The van der Waals surface area contributed by atoms with Gasteiger partial charge >= 0.3 is 0 Å². The Kier molecular flexibility index (Phi) is 0.833. The van der Waals surface area contributed by atoms with Gasteiger partial charge in [0, 0.05) is 17.6 Å². The van der Waals surface area contributed by atoms with Crippen LogP contribution in [0.25, 0.3) is 10.9 Å². The lowest BCUT2D eigenvalue weighted by molar-refractivity contribution is 1.47. The number of fused-ring (bicyclic) bond motifs is 1. The highest BCUT2D eigenvalue weighted by Gasteiger charge is 1.87. The summed E-state index contributed by atoms with van der Waals surface area (Å²) in [7, 11) is 0. The molecule has 1 heteroatoms. The molecule has 1 N–H and O–H groups in total. The summed E-state index contributed by atoms with van der Waals surface area (Å²) >= 11 is 0. The second-order valence-corrected chi connectivity index (χ2v) is 1.91. The lowest BCUT2D eigenvalue weighted by Gasteiger charge is -1.81. The van der Waals surface area contributed by atoms with E-state index in [-0.39, 0.29) is 0 Å². The van der Waals surface area contributed by atoms with Crippen LogP contribution >= 0.6 is 0 Å². The van der Waals surface area contributed by atoms with Crippen molar-refractivity contribution < 1.29 is 0 Å². The van der Waals surface area contributed by atoms with Crippen molar-refractivity contribution in [3.8, 4) is 0 Å². The highest BCUT2D eigenvalue weighted by molar-refractivity contribution is 5.78. The maximum absolute atomic E-state index is 3.04. The Morgan fingerprint density at radius 2 is 2.44 bits per heavy atom. The van der Waals surface area contributed by atoms with Crippen molar-refractivity contribution in [1.82, 2.24) is 4.98 Å². The van der Waals surface area contributed by atoms with Gasteiger partial charge in [-0.2, -0.15) is 0 Å². The van der Waals surface area contributed by atoms with E-state index in [2.05, 4.69) is 17.1 Å². The lowest BCUT2D eigenvalue weighted by Crippen LogP contribution is -1.63. The molecule has 0 bridgehead atoms. The second-order valence-electron chi connectivity index (χ2n) is 1.91. The smallest absolute Gasteiger partial charge is 0.0534 e. The van der Waals surface area contributed by atoms with Crippen LogP contribution < -0.4 is 0 Å². The zero-order chi connectivity index (χ0) is 6.10. The van der Waals surface area contributed by atoms with Crippen LogP contribution in [0.5, 0.6) is 0 Å². The maximum atomic E-state index is 3.04. The van der Waals surface area contributed by atoms with E-state index in [1.54, 1.807) is 6.07 Å². The highest BCUT2D eigenvalue weighted by atomic mass is 14.6. The Morgan fingerprint density at radius 1 is 1.44 bits per heavy atom. The van der Waals surface area contributed by atoms with Gasteiger partial charge in [-0.25, -0.2) is 0 Å². The molecule has 42 valence electrons. The van der Waals surface area contributed by atoms with Crippen LogP contribution in [0.3, 0.4) is 0 Å². The van der Waals surface area contributed by atoms with Crippen molar-refractivity contribution in [2.24, 2.45) is 0 Å². The van der Waals surface area contributed by atoms with E-state index in [0.29, 0.717) is 0 Å². The minimum Gasteiger partial charge on any atom is -0.361 e. The number of hydrogen-bond donors (Lipinski definition) is 1. The molecule has 9 heavy (non-hydrogen) atoms. The minimum atomic E-state index is 1.05. The van der Waals surface area contributed by atoms with Gasteiger partial charge < -0.3 is 4.98 Å². The summed E-state index contributed by atoms with van der Waals surface area (Å²) in [6.45, 7) is 0. The standard InChI is InChI=1S/C8H5N/c1-2-4-8-7(3-1)5-6-9-8/h2-3,5-6,9H. The first kappa shape index (κ1) is 4.62. The van der Waals surface area contributed by atoms with Gasteiger partial charge in [0.1, 0.15) is 0 Å². The fraction of sp³-hybridized carbons (Fsp3) is 0. The van der Waals surface area contributed by atoms with Crippen LogP contribution in [-0.2, 0) is 0 Å². The van der Waals surface area contributed by atoms with E-state index in [9.17, 15) is 0 Å². The van der Waals surface area contributed by atoms with Crippen LogP contribution in [0.1, 0.15) is 0 Å². The zero-order valence-electron chi connectivity index (χ0n) is 4.81. The Bertz CT molecular complexity index is 279. The molecule has 0 aliphatic rings. The van der Waals surface area contributed by atoms with Crippen LogP contribution in [0.15, 0.2) is 24.4 Å². The van der Waals surface area contributed by atoms with Gasteiger partial charge in [0.05, 0.1) is 5.52 Å². The third-order valence-corrected chi connectivity index (χ3v) is 1.32. The van der Waals surface area contributed by atoms with Gasteiger partial charge in [-0.3, -0.25) is 0 Å². The number of aromatic amines is 1. The van der Waals surface area contributed by atoms with Crippen molar-refractivity contribution in [3.05, 3.63) is 36.5 Å². The van der Waals surface area contributed by atoms with E-state index in [4.69, 9.17) is 0 Å². The van der Waals surface area contributed by atoms with Gasteiger partial charge in [-0.15, -0.1) is 0 Å². The van der Waals surface area contributed by atoms with Crippen molar-refractivity contribution in [1.29, 1.82) is 0 Å². The average Bonchev–Trinajstić information content (AvgIpc) is 2.33. The molecule has 0 spiro atoms. The molecule has 1 aromatic carbocycles. The van der Waals surface area contributed by atoms with Gasteiger partial charge in [0.2, 0.25) is 0 Å². The summed E-state index contributed by atoms with van der Waals surface area (Å²) in [6.07, 6.45) is 1.90. The molecule has 0 saturated heterocycles. The molecule has 2 aromatic rings. The Labute approximate surface area is 53.3 Å². The normalized spacial score (nSPS) is 10.2. The third kappa shape index (κ3) is 0.617. The number of benzene rings is 1. The molecule has 0 saturated carbocycles. The first-order valence-corrected chi connectivity index (χ1v) is 2.82. The lowest BCUT2D eigenvalue weighted by atomic mass is 10.3. The molecular weight excluding hydrogens is 110 g/mol. The summed E-state index contributed by atoms with van der Waals surface area (Å²) in [6, 6.07) is 11.7. The van der Waals surface area contributed by atoms with E-state index in [1.807, 2.05) is 18.3 Å². The van der Waals surface area contributed by atoms with Crippen molar-refractivity contribution in [2.75, 3.05) is 0 Å². The second kappa shape index (κ2) is 1.62. The fourth-order valence-electron chi connectivity index (χ4n) is 0.872. The molecule has 2 rings (SSSR count). The van der Waals surface area contributed by atoms with Gasteiger partial charge in [0.15, 0.2) is 0 Å². The molecular formula is C8H5N. The molecule has 1 nitrogen and oxygen atoms in total. The van der Waals surface area contributed by atoms with Crippen LogP contribution in [0, 0.1) is 12.1 Å². The summed E-state index contributed by atoms with van der Waals surface area (Å²) in [4.78, 5) is 3.04. The topological polar surface area (TPSA) is 15.8 Å². The maximum Gasteiger partial charge on any atom is 0.0534 e. The number of nitrogens with one attached hydrogen (secondary N) is 1. The van der Waals surface area contributed by atoms with E-state index >= 15 is 0 Å². The summed E-state index contributed by atoms with van der Waals surface area (Å²) in [5.74, 6) is 0. The monoisotopic (exact) mass is 115 g/mol. The number of rotatable bonds is 0. The first-order chi connectivity index (χ1) is 4.47. The zero-order valence-corrected chi connectivity index (χ0v) is 4.81. The highest BCUT2D eigenvalue weighted by Crippen LogP contribution is 2.07. The van der Waals surface area contributed by atoms with Crippen molar-refractivity contribution >= 4 is 10.9 Å². The molecule has 0 atom stereocenters. The molecule has 2 radical (unpaired) electrons. The van der Waals surface area contributed by atoms with Crippen LogP contribution in [-0.4, -0.2) is 4.98 Å². The van der Waals surface area contributed by atoms with Crippen molar-refractivity contribution in [3.63, 3.8) is 0 Å². The third-order valence-electron chi connectivity index (χ3n) is 1.32. The largest absolute Gasteiger partial charge is 0.361 e. The van der Waals surface area contributed by atoms with E-state index in [0.717, 1.165) is 10.9 Å². The van der Waals surface area contributed by atoms with Gasteiger partial charge in [-0.1, -0.05) is 0 Å². The fourth-order valence-corrected chi connectivity index (χ4v) is 0.872. The van der Waals surface area contributed by atoms with Crippen LogP contribution in [0.2, 0.25) is 0 Å². The molecule has 0 unspecified atom stereocenters. The minimum absolute atomic E-state index is 1.05. The quantitative estimate of drug-likeness (QED) is 0.538. The molecule has 0 aliphatic heterocycles. The molecule has 0 aliphatic carbocycles. The van der Waals surface area contributed by atoms with Gasteiger partial charge in [-0.05, 0) is 24.3 Å². The summed E-state index contributed by atoms with van der Waals surface area (Å²) in [5.41, 5.74) is 1.05. The van der Waals surface area contributed by atoms with Crippen molar-refractivity contribution in [2.45, 2.75) is 0 Å². The number of hydrogen-bond acceptors (Lipinski definition) is 0. The number of aromatic nitrogens is 1.